The number of carbonyl (C=O) groups is 3. The summed E-state index contributed by atoms with van der Waals surface area (Å²) in [5.41, 5.74) is 9.39. The van der Waals surface area contributed by atoms with E-state index < -0.39 is 0 Å². The summed E-state index contributed by atoms with van der Waals surface area (Å²) in [5, 5.41) is 7.23. The maximum atomic E-state index is 11.9. The Bertz CT molecular complexity index is 1770. The van der Waals surface area contributed by atoms with Crippen LogP contribution in [0.2, 0.25) is 0 Å². The summed E-state index contributed by atoms with van der Waals surface area (Å²) < 4.78 is 19.6. The number of likely N-dealkylation sites (tertiary alicyclic amines) is 1. The zero-order chi connectivity index (χ0) is 36.8. The number of aldehydes is 1. The van der Waals surface area contributed by atoms with E-state index in [4.69, 9.17) is 13.9 Å². The van der Waals surface area contributed by atoms with Crippen LogP contribution < -0.4 is 5.32 Å². The van der Waals surface area contributed by atoms with E-state index in [-0.39, 0.29) is 17.8 Å². The number of methoxy groups -OCH3 is 2. The lowest BCUT2D eigenvalue weighted by Crippen LogP contribution is -2.30. The maximum absolute atomic E-state index is 11.9. The molecule has 0 unspecified atom stereocenters. The van der Waals surface area contributed by atoms with Crippen LogP contribution in [0, 0.1) is 13.8 Å². The first kappa shape index (κ1) is 39.6. The van der Waals surface area contributed by atoms with Crippen LogP contribution in [-0.4, -0.2) is 73.5 Å². The highest BCUT2D eigenvalue weighted by atomic mass is 32.1. The molecule has 0 aromatic carbocycles. The average molecular weight is 737 g/mol. The van der Waals surface area contributed by atoms with Crippen LogP contribution in [0.5, 0.6) is 0 Å². The van der Waals surface area contributed by atoms with Gasteiger partial charge >= 0.3 is 11.9 Å². The van der Waals surface area contributed by atoms with Crippen molar-refractivity contribution in [3.05, 3.63) is 90.6 Å². The number of piperidine rings is 2. The van der Waals surface area contributed by atoms with Gasteiger partial charge in [0, 0.05) is 33.6 Å². The molecule has 4 aromatic heterocycles. The minimum absolute atomic E-state index is 0.125. The Morgan fingerprint density at radius 1 is 0.824 bits per heavy atom. The Labute approximate surface area is 307 Å². The zero-order valence-corrected chi connectivity index (χ0v) is 32.0. The van der Waals surface area contributed by atoms with Gasteiger partial charge in [-0.15, -0.1) is 22.7 Å². The van der Waals surface area contributed by atoms with Crippen molar-refractivity contribution in [1.29, 1.82) is 0 Å². The van der Waals surface area contributed by atoms with E-state index >= 15 is 0 Å². The predicted octanol–water partition coefficient (Wildman–Crippen LogP) is 8.17. The fourth-order valence-corrected chi connectivity index (χ4v) is 8.77. The van der Waals surface area contributed by atoms with Gasteiger partial charge in [-0.25, -0.2) is 19.6 Å². The number of allylic oxidation sites excluding steroid dienone is 2. The summed E-state index contributed by atoms with van der Waals surface area (Å²) in [4.78, 5) is 45.9. The minimum atomic E-state index is -0.249. The maximum Gasteiger partial charge on any atom is 0.338 e. The van der Waals surface area contributed by atoms with Crippen molar-refractivity contribution in [2.75, 3.05) is 40.4 Å². The van der Waals surface area contributed by atoms with Gasteiger partial charge in [-0.05, 0) is 87.7 Å². The van der Waals surface area contributed by atoms with Crippen molar-refractivity contribution in [2.24, 2.45) is 0 Å². The molecule has 4 aromatic rings. The Morgan fingerprint density at radius 2 is 1.33 bits per heavy atom. The molecule has 6 heterocycles. The summed E-state index contributed by atoms with van der Waals surface area (Å²) >= 11 is 3.32. The lowest BCUT2D eigenvalue weighted by molar-refractivity contribution is 0.0591. The monoisotopic (exact) mass is 736 g/mol. The van der Waals surface area contributed by atoms with E-state index in [9.17, 15) is 14.4 Å². The van der Waals surface area contributed by atoms with Crippen LogP contribution >= 0.6 is 22.7 Å². The van der Waals surface area contributed by atoms with Gasteiger partial charge in [0.15, 0.2) is 0 Å². The Hall–Kier alpha value is -4.17. The number of esters is 2. The SMILES string of the molecule is CCC(=C1CCN(Cc2ncco2)CC1)c1scc(C(=O)OC)c1C.CCC(=C1CCNCC1)c1scc(C(=O)OC)c1C.O=Cc1ncco1. The Morgan fingerprint density at radius 3 is 1.75 bits per heavy atom. The molecular weight excluding hydrogens is 689 g/mol. The van der Waals surface area contributed by atoms with Gasteiger partial charge in [-0.1, -0.05) is 25.0 Å². The number of oxazole rings is 2. The second-order valence-electron chi connectivity index (χ2n) is 12.0. The number of ether oxygens (including phenoxy) is 2. The lowest BCUT2D eigenvalue weighted by atomic mass is 9.93. The molecule has 274 valence electrons. The van der Waals surface area contributed by atoms with Crippen molar-refractivity contribution in [3.63, 3.8) is 0 Å². The van der Waals surface area contributed by atoms with Crippen LogP contribution in [0.15, 0.2) is 55.7 Å². The summed E-state index contributed by atoms with van der Waals surface area (Å²) in [6.07, 6.45) is 13.0. The number of nitrogens with one attached hydrogen (secondary N) is 1. The Balaban J connectivity index is 0.000000197. The molecular formula is C38H48N4O7S2. The molecule has 1 N–H and O–H groups in total. The van der Waals surface area contributed by atoms with Gasteiger partial charge in [0.1, 0.15) is 12.5 Å². The molecule has 13 heteroatoms. The zero-order valence-electron chi connectivity index (χ0n) is 30.3. The van der Waals surface area contributed by atoms with Gasteiger partial charge in [-0.2, -0.15) is 0 Å². The molecule has 0 radical (unpaired) electrons. The molecule has 6 rings (SSSR count). The lowest BCUT2D eigenvalue weighted by Gasteiger charge is -2.28. The minimum Gasteiger partial charge on any atom is -0.465 e. The van der Waals surface area contributed by atoms with Crippen LogP contribution in [0.3, 0.4) is 0 Å². The highest BCUT2D eigenvalue weighted by Crippen LogP contribution is 2.37. The fraction of sp³-hybridized carbons (Fsp3) is 0.447. The highest BCUT2D eigenvalue weighted by Gasteiger charge is 2.23. The molecule has 2 fully saturated rings. The van der Waals surface area contributed by atoms with Crippen LogP contribution in [0.1, 0.15) is 111 Å². The highest BCUT2D eigenvalue weighted by molar-refractivity contribution is 7.12. The number of rotatable bonds is 9. The fourth-order valence-electron chi connectivity index (χ4n) is 6.32. The number of carbonyl (C=O) groups excluding carboxylic acids is 3. The van der Waals surface area contributed by atoms with E-state index in [1.807, 2.05) is 24.6 Å². The van der Waals surface area contributed by atoms with Crippen molar-refractivity contribution in [1.82, 2.24) is 20.2 Å². The number of aromatic nitrogens is 2. The summed E-state index contributed by atoms with van der Waals surface area (Å²) in [6, 6.07) is 0. The first-order chi connectivity index (χ1) is 24.8. The smallest absolute Gasteiger partial charge is 0.338 e. The van der Waals surface area contributed by atoms with Gasteiger partial charge in [0.2, 0.25) is 12.2 Å². The third kappa shape index (κ3) is 10.4. The van der Waals surface area contributed by atoms with Crippen LogP contribution in [-0.2, 0) is 16.0 Å². The number of hydrogen-bond donors (Lipinski definition) is 1. The van der Waals surface area contributed by atoms with Crippen molar-refractivity contribution < 1.29 is 32.7 Å². The molecule has 0 spiro atoms. The predicted molar refractivity (Wildman–Crippen MR) is 200 cm³/mol. The molecule has 2 aliphatic rings. The topological polar surface area (TPSA) is 137 Å². The van der Waals surface area contributed by atoms with Gasteiger partial charge < -0.3 is 23.6 Å². The molecule has 0 atom stereocenters. The number of thiophene rings is 2. The van der Waals surface area contributed by atoms with E-state index in [2.05, 4.69) is 38.4 Å². The molecule has 2 saturated heterocycles. The summed E-state index contributed by atoms with van der Waals surface area (Å²) in [7, 11) is 2.87. The molecule has 0 amide bonds. The molecule has 51 heavy (non-hydrogen) atoms. The first-order valence-corrected chi connectivity index (χ1v) is 18.9. The first-order valence-electron chi connectivity index (χ1n) is 17.2. The largest absolute Gasteiger partial charge is 0.465 e. The number of nitrogens with zero attached hydrogens (tertiary/aromatic N) is 3. The second-order valence-corrected chi connectivity index (χ2v) is 13.8. The molecule has 11 nitrogen and oxygen atoms in total. The molecule has 0 bridgehead atoms. The van der Waals surface area contributed by atoms with E-state index in [0.29, 0.717) is 17.4 Å². The van der Waals surface area contributed by atoms with Crippen LogP contribution in [0.25, 0.3) is 11.1 Å². The summed E-state index contributed by atoms with van der Waals surface area (Å²) in [5.74, 6) is 0.423. The summed E-state index contributed by atoms with van der Waals surface area (Å²) in [6.45, 7) is 13.3. The van der Waals surface area contributed by atoms with Gasteiger partial charge in [-0.3, -0.25) is 9.69 Å². The molecule has 2 aliphatic heterocycles. The second kappa shape index (κ2) is 20.0. The van der Waals surface area contributed by atoms with Crippen molar-refractivity contribution >= 4 is 52.0 Å². The van der Waals surface area contributed by atoms with E-state index in [0.717, 1.165) is 88.3 Å². The standard InChI is InChI=1S/C19H24N2O3S.C15H21NO2S.C4H3NO2/c1-4-15(18-13(2)16(12-25-18)19(22)23-3)14-5-8-21(9-6-14)11-17-20-7-10-24-17;1-4-12(11-5-7-16-8-6-11)14-10(2)13(9-19-14)15(17)18-3;6-3-4-5-1-2-7-4/h7,10,12H,4-6,8-9,11H2,1-3H3;9,16H,4-8H2,1-3H3;1-3H. The number of hydrogen-bond acceptors (Lipinski definition) is 13. The average Bonchev–Trinajstić information content (AvgIpc) is 4.01. The third-order valence-corrected chi connectivity index (χ3v) is 11.3. The van der Waals surface area contributed by atoms with Gasteiger partial charge in [0.25, 0.3) is 5.89 Å². The van der Waals surface area contributed by atoms with Crippen molar-refractivity contribution in [3.8, 4) is 0 Å². The van der Waals surface area contributed by atoms with E-state index in [1.54, 1.807) is 40.7 Å². The Kier molecular flexibility index (Phi) is 15.5. The third-order valence-electron chi connectivity index (χ3n) is 9.06. The normalized spacial score (nSPS) is 14.5. The molecule has 0 saturated carbocycles. The van der Waals surface area contributed by atoms with Gasteiger partial charge in [0.05, 0.1) is 44.3 Å². The van der Waals surface area contributed by atoms with Crippen LogP contribution in [0.4, 0.5) is 0 Å². The molecule has 0 aliphatic carbocycles. The quantitative estimate of drug-likeness (QED) is 0.132. The van der Waals surface area contributed by atoms with Crippen molar-refractivity contribution in [2.45, 2.75) is 72.8 Å². The van der Waals surface area contributed by atoms with E-state index in [1.165, 1.54) is 53.2 Å².